The number of ether oxygens (including phenoxy) is 2. The third-order valence-corrected chi connectivity index (χ3v) is 3.87. The summed E-state index contributed by atoms with van der Waals surface area (Å²) in [6.07, 6.45) is 0.396. The van der Waals surface area contributed by atoms with Gasteiger partial charge in [0, 0.05) is 12.3 Å². The fourth-order valence-corrected chi connectivity index (χ4v) is 2.56. The lowest BCUT2D eigenvalue weighted by Gasteiger charge is -2.19. The fraction of sp³-hybridized carbons (Fsp3) is 0.421. The minimum Gasteiger partial charge on any atom is -0.461 e. The summed E-state index contributed by atoms with van der Waals surface area (Å²) in [5.41, 5.74) is 4.64. The van der Waals surface area contributed by atoms with Crippen LogP contribution >= 0.6 is 0 Å². The van der Waals surface area contributed by atoms with Crippen molar-refractivity contribution in [3.8, 4) is 0 Å². The molecule has 1 amide bonds. The van der Waals surface area contributed by atoms with Gasteiger partial charge >= 0.3 is 11.9 Å². The number of nitrogens with zero attached hydrogens (tertiary/aromatic N) is 2. The van der Waals surface area contributed by atoms with Crippen LogP contribution in [0.4, 0.5) is 0 Å². The zero-order chi connectivity index (χ0) is 19.8. The molecular weight excluding hydrogens is 350 g/mol. The maximum absolute atomic E-state index is 11.9. The molecule has 2 rings (SSSR count). The van der Waals surface area contributed by atoms with Crippen LogP contribution in [0.5, 0.6) is 0 Å². The van der Waals surface area contributed by atoms with Crippen LogP contribution in [0.1, 0.15) is 38.3 Å². The number of amides is 1. The van der Waals surface area contributed by atoms with Crippen molar-refractivity contribution in [3.05, 3.63) is 35.4 Å². The Balaban J connectivity index is 2.13. The summed E-state index contributed by atoms with van der Waals surface area (Å²) in [7, 11) is 0. The molecule has 8 nitrogen and oxygen atoms in total. The zero-order valence-electron chi connectivity index (χ0n) is 15.7. The Morgan fingerprint density at radius 1 is 1.15 bits per heavy atom. The average molecular weight is 373 g/mol. The van der Waals surface area contributed by atoms with Crippen LogP contribution in [-0.2, 0) is 30.4 Å². The van der Waals surface area contributed by atoms with Gasteiger partial charge in [-0.2, -0.15) is 5.10 Å². The van der Waals surface area contributed by atoms with Gasteiger partial charge in [-0.05, 0) is 25.0 Å². The van der Waals surface area contributed by atoms with Gasteiger partial charge in [-0.15, -0.1) is 0 Å². The van der Waals surface area contributed by atoms with Crippen LogP contribution in [0, 0.1) is 5.92 Å². The van der Waals surface area contributed by atoms with E-state index in [4.69, 9.17) is 9.47 Å². The molecule has 0 saturated carbocycles. The molecule has 0 aromatic heterocycles. The molecule has 1 unspecified atom stereocenters. The highest BCUT2D eigenvalue weighted by molar-refractivity contribution is 6.62. The van der Waals surface area contributed by atoms with Gasteiger partial charge in [0.2, 0.25) is 11.6 Å². The number of hydrogen-bond donors (Lipinski definition) is 1. The molecule has 1 atom stereocenters. The number of nitrogens with one attached hydrogen (secondary N) is 1. The highest BCUT2D eigenvalue weighted by atomic mass is 16.6. The first-order chi connectivity index (χ1) is 13.0. The molecule has 1 aromatic carbocycles. The van der Waals surface area contributed by atoms with Gasteiger partial charge in [-0.3, -0.25) is 9.79 Å². The first kappa shape index (κ1) is 20.3. The van der Waals surface area contributed by atoms with E-state index in [9.17, 15) is 14.4 Å². The summed E-state index contributed by atoms with van der Waals surface area (Å²) in [5.74, 6) is -1.66. The molecule has 144 valence electrons. The smallest absolute Gasteiger partial charge is 0.364 e. The zero-order valence-corrected chi connectivity index (χ0v) is 15.7. The van der Waals surface area contributed by atoms with Crippen molar-refractivity contribution < 1.29 is 23.9 Å². The van der Waals surface area contributed by atoms with Gasteiger partial charge < -0.3 is 9.47 Å². The van der Waals surface area contributed by atoms with Crippen LogP contribution in [0.2, 0.25) is 0 Å². The predicted octanol–water partition coefficient (Wildman–Crippen LogP) is 1.61. The standard InChI is InChI=1S/C19H23N3O5/c1-4-26-18(24)17(19(25)27-5-2)20-11-13-6-8-14(9-7-13)16-12(3)10-15(23)21-22-16/h6-9,12H,4-5,10-11H2,1-3H3,(H,21,23). The largest absolute Gasteiger partial charge is 0.461 e. The van der Waals surface area contributed by atoms with Gasteiger partial charge in [0.25, 0.3) is 0 Å². The molecule has 0 fully saturated rings. The number of rotatable bonds is 7. The lowest BCUT2D eigenvalue weighted by Crippen LogP contribution is -2.31. The van der Waals surface area contributed by atoms with Crippen molar-refractivity contribution in [2.45, 2.75) is 33.7 Å². The second-order valence-electron chi connectivity index (χ2n) is 5.94. The summed E-state index contributed by atoms with van der Waals surface area (Å²) in [4.78, 5) is 39.2. The van der Waals surface area contributed by atoms with E-state index in [1.54, 1.807) is 13.8 Å². The lowest BCUT2D eigenvalue weighted by atomic mass is 9.93. The number of hydrogen-bond acceptors (Lipinski definition) is 7. The van der Waals surface area contributed by atoms with E-state index in [1.807, 2.05) is 31.2 Å². The maximum Gasteiger partial charge on any atom is 0.364 e. The van der Waals surface area contributed by atoms with Crippen molar-refractivity contribution in [1.29, 1.82) is 0 Å². The summed E-state index contributed by atoms with van der Waals surface area (Å²) < 4.78 is 9.72. The molecule has 0 bridgehead atoms. The van der Waals surface area contributed by atoms with Crippen molar-refractivity contribution in [1.82, 2.24) is 5.43 Å². The molecule has 0 spiro atoms. The Morgan fingerprint density at radius 2 is 1.74 bits per heavy atom. The van der Waals surface area contributed by atoms with Crippen LogP contribution < -0.4 is 5.43 Å². The van der Waals surface area contributed by atoms with Gasteiger partial charge in [0.15, 0.2) is 0 Å². The Labute approximate surface area is 157 Å². The predicted molar refractivity (Wildman–Crippen MR) is 99.3 cm³/mol. The number of esters is 2. The second-order valence-corrected chi connectivity index (χ2v) is 5.94. The first-order valence-electron chi connectivity index (χ1n) is 8.80. The monoisotopic (exact) mass is 373 g/mol. The fourth-order valence-electron chi connectivity index (χ4n) is 2.56. The number of benzene rings is 1. The van der Waals surface area contributed by atoms with Gasteiger partial charge in [0.1, 0.15) is 0 Å². The highest BCUT2D eigenvalue weighted by Gasteiger charge is 2.23. The SMILES string of the molecule is CCOC(=O)C(=NCc1ccc(C2=NNC(=O)CC2C)cc1)C(=O)OCC. The van der Waals surface area contributed by atoms with Crippen LogP contribution in [0.25, 0.3) is 0 Å². The van der Waals surface area contributed by atoms with Crippen LogP contribution in [0.15, 0.2) is 34.4 Å². The molecular formula is C19H23N3O5. The van der Waals surface area contributed by atoms with E-state index in [2.05, 4.69) is 15.5 Å². The summed E-state index contributed by atoms with van der Waals surface area (Å²) in [6.45, 7) is 5.66. The van der Waals surface area contributed by atoms with Gasteiger partial charge in [-0.1, -0.05) is 31.2 Å². The molecule has 0 aliphatic carbocycles. The number of hydrazone groups is 1. The molecule has 1 aliphatic heterocycles. The van der Waals surface area contributed by atoms with E-state index in [0.717, 1.165) is 16.8 Å². The third-order valence-electron chi connectivity index (χ3n) is 3.87. The molecule has 1 aliphatic rings. The topological polar surface area (TPSA) is 106 Å². The normalized spacial score (nSPS) is 16.0. The molecule has 1 heterocycles. The molecule has 27 heavy (non-hydrogen) atoms. The van der Waals surface area contributed by atoms with Gasteiger partial charge in [-0.25, -0.2) is 15.0 Å². The third kappa shape index (κ3) is 5.47. The Kier molecular flexibility index (Phi) is 7.22. The Hall–Kier alpha value is -3.03. The number of carbonyl (C=O) groups is 3. The second kappa shape index (κ2) is 9.61. The van der Waals surface area contributed by atoms with Crippen LogP contribution in [0.3, 0.4) is 0 Å². The molecule has 0 radical (unpaired) electrons. The molecule has 0 saturated heterocycles. The molecule has 1 N–H and O–H groups in total. The van der Waals surface area contributed by atoms with E-state index < -0.39 is 11.9 Å². The summed E-state index contributed by atoms with van der Waals surface area (Å²) in [5, 5.41) is 4.12. The number of carbonyl (C=O) groups excluding carboxylic acids is 3. The molecule has 8 heteroatoms. The Morgan fingerprint density at radius 3 is 2.26 bits per heavy atom. The van der Waals surface area contributed by atoms with Crippen molar-refractivity contribution >= 4 is 29.3 Å². The summed E-state index contributed by atoms with van der Waals surface area (Å²) in [6, 6.07) is 7.40. The minimum absolute atomic E-state index is 0.0295. The number of aliphatic imine (C=N–C) groups is 1. The lowest BCUT2D eigenvalue weighted by molar-refractivity contribution is -0.140. The van der Waals surface area contributed by atoms with E-state index in [0.29, 0.717) is 6.42 Å². The van der Waals surface area contributed by atoms with Crippen LogP contribution in [-0.4, -0.2) is 42.5 Å². The minimum atomic E-state index is -0.798. The summed E-state index contributed by atoms with van der Waals surface area (Å²) >= 11 is 0. The van der Waals surface area contributed by atoms with Crippen molar-refractivity contribution in [3.63, 3.8) is 0 Å². The van der Waals surface area contributed by atoms with Gasteiger partial charge in [0.05, 0.1) is 25.5 Å². The van der Waals surface area contributed by atoms with Crippen molar-refractivity contribution in [2.75, 3.05) is 13.2 Å². The quantitative estimate of drug-likeness (QED) is 0.444. The van der Waals surface area contributed by atoms with E-state index in [1.165, 1.54) is 0 Å². The highest BCUT2D eigenvalue weighted by Crippen LogP contribution is 2.17. The Bertz CT molecular complexity index is 748. The van der Waals surface area contributed by atoms with E-state index >= 15 is 0 Å². The van der Waals surface area contributed by atoms with Crippen molar-refractivity contribution in [2.24, 2.45) is 16.0 Å². The average Bonchev–Trinajstić information content (AvgIpc) is 2.63. The maximum atomic E-state index is 11.9. The molecule has 1 aromatic rings. The first-order valence-corrected chi connectivity index (χ1v) is 8.80. The van der Waals surface area contributed by atoms with E-state index in [-0.39, 0.29) is 37.3 Å².